The molecule has 4 nitrogen and oxygen atoms in total. The summed E-state index contributed by atoms with van der Waals surface area (Å²) in [7, 11) is 0. The van der Waals surface area contributed by atoms with Gasteiger partial charge in [0, 0.05) is 24.6 Å². The first-order valence-electron chi connectivity index (χ1n) is 6.44. The van der Waals surface area contributed by atoms with E-state index in [2.05, 4.69) is 34.8 Å². The molecule has 102 valence electrons. The summed E-state index contributed by atoms with van der Waals surface area (Å²) in [6.45, 7) is 6.77. The van der Waals surface area contributed by atoms with Gasteiger partial charge < -0.3 is 9.64 Å². The van der Waals surface area contributed by atoms with Crippen LogP contribution in [0.2, 0.25) is 5.28 Å². The van der Waals surface area contributed by atoms with Crippen LogP contribution in [-0.2, 0) is 4.74 Å². The van der Waals surface area contributed by atoms with Crippen molar-refractivity contribution in [1.82, 2.24) is 9.97 Å². The van der Waals surface area contributed by atoms with Gasteiger partial charge in [0.25, 0.3) is 0 Å². The molecule has 1 aliphatic rings. The van der Waals surface area contributed by atoms with Crippen LogP contribution in [0.4, 0.5) is 5.82 Å². The summed E-state index contributed by atoms with van der Waals surface area (Å²) < 4.78 is 5.69. The van der Waals surface area contributed by atoms with Gasteiger partial charge in [-0.2, -0.15) is 4.98 Å². The Morgan fingerprint density at radius 2 is 2.32 bits per heavy atom. The molecule has 6 heteroatoms. The summed E-state index contributed by atoms with van der Waals surface area (Å²) in [6.07, 6.45) is 1.22. The zero-order valence-corrected chi connectivity index (χ0v) is 12.6. The van der Waals surface area contributed by atoms with E-state index in [-0.39, 0.29) is 6.10 Å². The second-order valence-corrected chi connectivity index (χ2v) is 6.45. The van der Waals surface area contributed by atoms with Crippen LogP contribution >= 0.6 is 22.9 Å². The molecule has 0 saturated carbocycles. The number of hydrogen-bond donors (Lipinski definition) is 0. The highest BCUT2D eigenvalue weighted by Crippen LogP contribution is 2.32. The molecule has 1 atom stereocenters. The van der Waals surface area contributed by atoms with Crippen molar-refractivity contribution < 1.29 is 4.74 Å². The Morgan fingerprint density at radius 1 is 1.47 bits per heavy atom. The van der Waals surface area contributed by atoms with E-state index in [1.165, 1.54) is 4.88 Å². The number of anilines is 1. The molecule has 0 bridgehead atoms. The van der Waals surface area contributed by atoms with Crippen molar-refractivity contribution in [1.29, 1.82) is 0 Å². The van der Waals surface area contributed by atoms with Crippen molar-refractivity contribution in [2.24, 2.45) is 0 Å². The lowest BCUT2D eigenvalue weighted by atomic mass is 10.3. The lowest BCUT2D eigenvalue weighted by Crippen LogP contribution is -2.31. The first-order chi connectivity index (χ1) is 9.13. The maximum Gasteiger partial charge on any atom is 0.225 e. The van der Waals surface area contributed by atoms with Crippen LogP contribution in [0.15, 0.2) is 6.07 Å². The molecular weight excluding hydrogens is 282 g/mol. The Balaban J connectivity index is 2.07. The van der Waals surface area contributed by atoms with Crippen LogP contribution in [0.5, 0.6) is 0 Å². The topological polar surface area (TPSA) is 38.2 Å². The number of nitrogens with zero attached hydrogens (tertiary/aromatic N) is 3. The summed E-state index contributed by atoms with van der Waals surface area (Å²) in [5.41, 5.74) is 0. The van der Waals surface area contributed by atoms with Crippen LogP contribution in [0.3, 0.4) is 0 Å². The highest BCUT2D eigenvalue weighted by Gasteiger charge is 2.20. The van der Waals surface area contributed by atoms with Gasteiger partial charge in [-0.05, 0) is 37.9 Å². The lowest BCUT2D eigenvalue weighted by Gasteiger charge is -2.23. The predicted molar refractivity (Wildman–Crippen MR) is 79.4 cm³/mol. The Bertz CT molecular complexity index is 601. The Hall–Kier alpha value is -0.910. The SMILES string of the molecule is Cc1cc2c(N3CCCOC(C)C3)nc(Cl)nc2s1. The van der Waals surface area contributed by atoms with Crippen molar-refractivity contribution in [3.8, 4) is 0 Å². The van der Waals surface area contributed by atoms with Gasteiger partial charge in [-0.1, -0.05) is 0 Å². The molecule has 1 fully saturated rings. The number of aryl methyl sites for hydroxylation is 1. The van der Waals surface area contributed by atoms with E-state index in [4.69, 9.17) is 16.3 Å². The summed E-state index contributed by atoms with van der Waals surface area (Å²) in [5, 5.41) is 1.42. The predicted octanol–water partition coefficient (Wildman–Crippen LogP) is 3.27. The smallest absolute Gasteiger partial charge is 0.225 e. The van der Waals surface area contributed by atoms with Gasteiger partial charge in [0.2, 0.25) is 5.28 Å². The largest absolute Gasteiger partial charge is 0.377 e. The average Bonchev–Trinajstić information content (AvgIpc) is 2.57. The molecule has 2 aromatic rings. The number of rotatable bonds is 1. The summed E-state index contributed by atoms with van der Waals surface area (Å²) in [5.74, 6) is 0.941. The number of halogens is 1. The monoisotopic (exact) mass is 297 g/mol. The number of fused-ring (bicyclic) bond motifs is 1. The van der Waals surface area contributed by atoms with E-state index >= 15 is 0 Å². The minimum absolute atomic E-state index is 0.214. The molecular formula is C13H16ClN3OS. The summed E-state index contributed by atoms with van der Waals surface area (Å²) in [6, 6.07) is 2.14. The van der Waals surface area contributed by atoms with E-state index in [0.29, 0.717) is 5.28 Å². The maximum absolute atomic E-state index is 6.06. The minimum Gasteiger partial charge on any atom is -0.377 e. The Labute approximate surface area is 121 Å². The minimum atomic E-state index is 0.214. The van der Waals surface area contributed by atoms with Crippen molar-refractivity contribution in [2.45, 2.75) is 26.4 Å². The summed E-state index contributed by atoms with van der Waals surface area (Å²) in [4.78, 5) is 13.2. The van der Waals surface area contributed by atoms with Gasteiger partial charge in [-0.15, -0.1) is 11.3 Å². The van der Waals surface area contributed by atoms with Gasteiger partial charge >= 0.3 is 0 Å². The van der Waals surface area contributed by atoms with Crippen LogP contribution < -0.4 is 4.90 Å². The molecule has 1 aliphatic heterocycles. The molecule has 0 radical (unpaired) electrons. The number of ether oxygens (including phenoxy) is 1. The zero-order chi connectivity index (χ0) is 13.4. The normalized spacial score (nSPS) is 20.8. The van der Waals surface area contributed by atoms with E-state index in [1.54, 1.807) is 11.3 Å². The standard InChI is InChI=1S/C13H16ClN3OS/c1-8-7-17(4-3-5-18-8)11-10-6-9(2)19-12(10)16-13(14)15-11/h6,8H,3-5,7H2,1-2H3. The van der Waals surface area contributed by atoms with E-state index < -0.39 is 0 Å². The van der Waals surface area contributed by atoms with E-state index in [1.807, 2.05) is 0 Å². The van der Waals surface area contributed by atoms with E-state index in [9.17, 15) is 0 Å². The average molecular weight is 298 g/mol. The third kappa shape index (κ3) is 2.68. The quantitative estimate of drug-likeness (QED) is 0.757. The second kappa shape index (κ2) is 5.23. The third-order valence-electron chi connectivity index (χ3n) is 3.22. The summed E-state index contributed by atoms with van der Waals surface area (Å²) >= 11 is 7.71. The van der Waals surface area contributed by atoms with E-state index in [0.717, 1.165) is 42.2 Å². The van der Waals surface area contributed by atoms with Gasteiger partial charge in [0.15, 0.2) is 0 Å². The number of thiophene rings is 1. The highest BCUT2D eigenvalue weighted by atomic mass is 35.5. The first kappa shape index (κ1) is 13.1. The molecule has 3 rings (SSSR count). The Morgan fingerprint density at radius 3 is 3.16 bits per heavy atom. The van der Waals surface area contributed by atoms with Gasteiger partial charge in [0.05, 0.1) is 11.5 Å². The molecule has 3 heterocycles. The lowest BCUT2D eigenvalue weighted by molar-refractivity contribution is 0.0820. The Kier molecular flexibility index (Phi) is 3.60. The number of aromatic nitrogens is 2. The number of hydrogen-bond acceptors (Lipinski definition) is 5. The van der Waals surface area contributed by atoms with Gasteiger partial charge in [-0.3, -0.25) is 0 Å². The molecule has 19 heavy (non-hydrogen) atoms. The van der Waals surface area contributed by atoms with Crippen molar-refractivity contribution in [3.05, 3.63) is 16.2 Å². The fourth-order valence-electron chi connectivity index (χ4n) is 2.43. The van der Waals surface area contributed by atoms with Gasteiger partial charge in [-0.25, -0.2) is 4.98 Å². The molecule has 1 saturated heterocycles. The van der Waals surface area contributed by atoms with Crippen molar-refractivity contribution >= 4 is 39.0 Å². The van der Waals surface area contributed by atoms with Crippen LogP contribution in [0.25, 0.3) is 10.2 Å². The molecule has 0 amide bonds. The van der Waals surface area contributed by atoms with Crippen LogP contribution in [-0.4, -0.2) is 35.8 Å². The molecule has 0 spiro atoms. The molecule has 1 unspecified atom stereocenters. The molecule has 2 aromatic heterocycles. The first-order valence-corrected chi connectivity index (χ1v) is 7.63. The third-order valence-corrected chi connectivity index (χ3v) is 4.33. The zero-order valence-electron chi connectivity index (χ0n) is 11.0. The molecule has 0 aliphatic carbocycles. The highest BCUT2D eigenvalue weighted by molar-refractivity contribution is 7.18. The van der Waals surface area contributed by atoms with Crippen molar-refractivity contribution in [3.63, 3.8) is 0 Å². The molecule has 0 N–H and O–H groups in total. The second-order valence-electron chi connectivity index (χ2n) is 4.87. The fraction of sp³-hybridized carbons (Fsp3) is 0.538. The van der Waals surface area contributed by atoms with Crippen LogP contribution in [0, 0.1) is 6.92 Å². The molecule has 0 aromatic carbocycles. The fourth-order valence-corrected chi connectivity index (χ4v) is 3.52. The van der Waals surface area contributed by atoms with Crippen LogP contribution in [0.1, 0.15) is 18.2 Å². The van der Waals surface area contributed by atoms with Crippen molar-refractivity contribution in [2.75, 3.05) is 24.6 Å². The van der Waals surface area contributed by atoms with Gasteiger partial charge in [0.1, 0.15) is 10.6 Å². The maximum atomic E-state index is 6.06.